The Morgan fingerprint density at radius 2 is 1.83 bits per heavy atom. The van der Waals surface area contributed by atoms with Gasteiger partial charge >= 0.3 is 0 Å². The second-order valence-electron chi connectivity index (χ2n) is 4.56. The normalized spacial score (nSPS) is 12.8. The first kappa shape index (κ1) is 13.0. The van der Waals surface area contributed by atoms with Crippen LogP contribution in [0.25, 0.3) is 10.8 Å². The molecule has 0 heterocycles. The van der Waals surface area contributed by atoms with Crippen molar-refractivity contribution in [3.8, 4) is 0 Å². The molecule has 2 aromatic rings. The Morgan fingerprint density at radius 1 is 1.06 bits per heavy atom. The maximum Gasteiger partial charge on any atom is 0.0421 e. The lowest BCUT2D eigenvalue weighted by molar-refractivity contribution is 0.586. The van der Waals surface area contributed by atoms with Crippen LogP contribution in [0.15, 0.2) is 42.5 Å². The lowest BCUT2D eigenvalue weighted by Gasteiger charge is -2.13. The predicted octanol–water partition coefficient (Wildman–Crippen LogP) is 1.78. The van der Waals surface area contributed by atoms with Gasteiger partial charge in [-0.2, -0.15) is 0 Å². The zero-order valence-electron chi connectivity index (χ0n) is 10.6. The Labute approximate surface area is 108 Å². The van der Waals surface area contributed by atoms with Crippen LogP contribution in [0.3, 0.4) is 0 Å². The Kier molecular flexibility index (Phi) is 4.70. The van der Waals surface area contributed by atoms with Gasteiger partial charge in [-0.05, 0) is 41.9 Å². The Morgan fingerprint density at radius 3 is 2.61 bits per heavy atom. The van der Waals surface area contributed by atoms with E-state index in [-0.39, 0.29) is 6.04 Å². The van der Waals surface area contributed by atoms with E-state index in [2.05, 4.69) is 47.8 Å². The molecule has 18 heavy (non-hydrogen) atoms. The average molecular weight is 243 g/mol. The van der Waals surface area contributed by atoms with Crippen molar-refractivity contribution in [1.29, 1.82) is 0 Å². The molecule has 0 fully saturated rings. The molecule has 0 spiro atoms. The van der Waals surface area contributed by atoms with Crippen LogP contribution in [0, 0.1) is 0 Å². The summed E-state index contributed by atoms with van der Waals surface area (Å²) in [5.74, 6) is 0. The summed E-state index contributed by atoms with van der Waals surface area (Å²) in [6, 6.07) is 14.8. The summed E-state index contributed by atoms with van der Waals surface area (Å²) in [6.07, 6.45) is 0.991. The van der Waals surface area contributed by atoms with Crippen molar-refractivity contribution in [1.82, 2.24) is 5.32 Å². The van der Waals surface area contributed by atoms with Gasteiger partial charge in [0.2, 0.25) is 0 Å². The first-order chi connectivity index (χ1) is 8.81. The SMILES string of the molecule is NCCCNCC(N)c1ccc2ccccc2c1. The van der Waals surface area contributed by atoms with Gasteiger partial charge in [0.1, 0.15) is 0 Å². The molecule has 1 atom stereocenters. The van der Waals surface area contributed by atoms with E-state index >= 15 is 0 Å². The van der Waals surface area contributed by atoms with Gasteiger partial charge in [0.25, 0.3) is 0 Å². The minimum atomic E-state index is 0.0346. The molecule has 2 aromatic carbocycles. The van der Waals surface area contributed by atoms with Gasteiger partial charge in [-0.1, -0.05) is 36.4 Å². The number of rotatable bonds is 6. The first-order valence-corrected chi connectivity index (χ1v) is 6.46. The fourth-order valence-electron chi connectivity index (χ4n) is 2.04. The summed E-state index contributed by atoms with van der Waals surface area (Å²) in [7, 11) is 0. The van der Waals surface area contributed by atoms with E-state index < -0.39 is 0 Å². The van der Waals surface area contributed by atoms with Gasteiger partial charge in [-0.15, -0.1) is 0 Å². The quantitative estimate of drug-likeness (QED) is 0.678. The zero-order valence-corrected chi connectivity index (χ0v) is 10.6. The monoisotopic (exact) mass is 243 g/mol. The van der Waals surface area contributed by atoms with Crippen molar-refractivity contribution in [2.75, 3.05) is 19.6 Å². The van der Waals surface area contributed by atoms with Crippen molar-refractivity contribution < 1.29 is 0 Å². The molecular formula is C15H21N3. The van der Waals surface area contributed by atoms with E-state index in [0.29, 0.717) is 0 Å². The number of hydrogen-bond acceptors (Lipinski definition) is 3. The fourth-order valence-corrected chi connectivity index (χ4v) is 2.04. The molecular weight excluding hydrogens is 222 g/mol. The molecule has 3 nitrogen and oxygen atoms in total. The van der Waals surface area contributed by atoms with Gasteiger partial charge in [-0.25, -0.2) is 0 Å². The molecule has 0 aromatic heterocycles. The van der Waals surface area contributed by atoms with Crippen molar-refractivity contribution >= 4 is 10.8 Å². The molecule has 2 rings (SSSR count). The van der Waals surface area contributed by atoms with Gasteiger partial charge in [-0.3, -0.25) is 0 Å². The van der Waals surface area contributed by atoms with Crippen LogP contribution in [0.1, 0.15) is 18.0 Å². The van der Waals surface area contributed by atoms with E-state index in [4.69, 9.17) is 11.5 Å². The second kappa shape index (κ2) is 6.50. The molecule has 0 saturated carbocycles. The van der Waals surface area contributed by atoms with Gasteiger partial charge in [0.15, 0.2) is 0 Å². The van der Waals surface area contributed by atoms with Crippen LogP contribution in [-0.2, 0) is 0 Å². The number of nitrogens with one attached hydrogen (secondary N) is 1. The van der Waals surface area contributed by atoms with Crippen LogP contribution < -0.4 is 16.8 Å². The molecule has 0 bridgehead atoms. The summed E-state index contributed by atoms with van der Waals surface area (Å²) in [6.45, 7) is 2.44. The van der Waals surface area contributed by atoms with Gasteiger partial charge in [0.05, 0.1) is 0 Å². The molecule has 5 N–H and O–H groups in total. The molecule has 0 aliphatic carbocycles. The van der Waals surface area contributed by atoms with E-state index in [1.165, 1.54) is 16.3 Å². The summed E-state index contributed by atoms with van der Waals surface area (Å²) in [5.41, 5.74) is 12.8. The van der Waals surface area contributed by atoms with Crippen LogP contribution in [-0.4, -0.2) is 19.6 Å². The molecule has 0 saturated heterocycles. The lowest BCUT2D eigenvalue weighted by Crippen LogP contribution is -2.28. The van der Waals surface area contributed by atoms with E-state index in [1.54, 1.807) is 0 Å². The predicted molar refractivity (Wildman–Crippen MR) is 77.4 cm³/mol. The molecule has 0 aliphatic heterocycles. The minimum Gasteiger partial charge on any atom is -0.330 e. The summed E-state index contributed by atoms with van der Waals surface area (Å²) in [4.78, 5) is 0. The Bertz CT molecular complexity index is 496. The highest BCUT2D eigenvalue weighted by Gasteiger charge is 2.05. The van der Waals surface area contributed by atoms with Crippen LogP contribution in [0.5, 0.6) is 0 Å². The molecule has 96 valence electrons. The Hall–Kier alpha value is -1.42. The molecule has 1 unspecified atom stereocenters. The number of benzene rings is 2. The smallest absolute Gasteiger partial charge is 0.0421 e. The van der Waals surface area contributed by atoms with Crippen LogP contribution in [0.4, 0.5) is 0 Å². The topological polar surface area (TPSA) is 64.1 Å². The lowest BCUT2D eigenvalue weighted by atomic mass is 10.0. The molecule has 0 amide bonds. The zero-order chi connectivity index (χ0) is 12.8. The van der Waals surface area contributed by atoms with Gasteiger partial charge in [0, 0.05) is 12.6 Å². The molecule has 0 aliphatic rings. The third-order valence-electron chi connectivity index (χ3n) is 3.12. The third kappa shape index (κ3) is 3.29. The largest absolute Gasteiger partial charge is 0.330 e. The van der Waals surface area contributed by atoms with Crippen LogP contribution in [0.2, 0.25) is 0 Å². The maximum atomic E-state index is 6.17. The molecule has 0 radical (unpaired) electrons. The summed E-state index contributed by atoms with van der Waals surface area (Å²) in [5, 5.41) is 5.82. The van der Waals surface area contributed by atoms with Gasteiger partial charge < -0.3 is 16.8 Å². The molecule has 3 heteroatoms. The second-order valence-corrected chi connectivity index (χ2v) is 4.56. The highest BCUT2D eigenvalue weighted by Crippen LogP contribution is 2.18. The highest BCUT2D eigenvalue weighted by atomic mass is 14.9. The number of fused-ring (bicyclic) bond motifs is 1. The van der Waals surface area contributed by atoms with Crippen molar-refractivity contribution in [3.63, 3.8) is 0 Å². The Balaban J connectivity index is 2.01. The summed E-state index contributed by atoms with van der Waals surface area (Å²) >= 11 is 0. The third-order valence-corrected chi connectivity index (χ3v) is 3.12. The maximum absolute atomic E-state index is 6.17. The van der Waals surface area contributed by atoms with Crippen molar-refractivity contribution in [2.24, 2.45) is 11.5 Å². The highest BCUT2D eigenvalue weighted by molar-refractivity contribution is 5.83. The first-order valence-electron chi connectivity index (χ1n) is 6.46. The number of nitrogens with two attached hydrogens (primary N) is 2. The van der Waals surface area contributed by atoms with E-state index in [0.717, 1.165) is 26.1 Å². The van der Waals surface area contributed by atoms with E-state index in [1.807, 2.05) is 0 Å². The fraction of sp³-hybridized carbons (Fsp3) is 0.333. The number of hydrogen-bond donors (Lipinski definition) is 3. The summed E-state index contributed by atoms with van der Waals surface area (Å²) < 4.78 is 0. The van der Waals surface area contributed by atoms with Crippen molar-refractivity contribution in [3.05, 3.63) is 48.0 Å². The minimum absolute atomic E-state index is 0.0346. The van der Waals surface area contributed by atoms with Crippen LogP contribution >= 0.6 is 0 Å². The van der Waals surface area contributed by atoms with Crippen molar-refractivity contribution in [2.45, 2.75) is 12.5 Å². The average Bonchev–Trinajstić information content (AvgIpc) is 2.43. The standard InChI is InChI=1S/C15H21N3/c16-8-3-9-18-11-15(17)14-7-6-12-4-1-2-5-13(12)10-14/h1-2,4-7,10,15,18H,3,8-9,11,16-17H2. The van der Waals surface area contributed by atoms with E-state index in [9.17, 15) is 0 Å².